The van der Waals surface area contributed by atoms with Crippen LogP contribution in [0.25, 0.3) is 10.6 Å². The number of piperidine rings is 1. The van der Waals surface area contributed by atoms with E-state index < -0.39 is 0 Å². The number of carbonyl (C=O) groups excluding carboxylic acids is 2. The summed E-state index contributed by atoms with van der Waals surface area (Å²) in [4.78, 5) is 31.9. The Morgan fingerprint density at radius 2 is 2.22 bits per heavy atom. The topological polar surface area (TPSA) is 62.3 Å². The summed E-state index contributed by atoms with van der Waals surface area (Å²) in [7, 11) is 0. The molecule has 1 N–H and O–H groups in total. The summed E-state index contributed by atoms with van der Waals surface area (Å²) in [5.41, 5.74) is 0.811. The Labute approximate surface area is 176 Å². The van der Waals surface area contributed by atoms with Crippen molar-refractivity contribution < 1.29 is 9.59 Å². The smallest absolute Gasteiger partial charge is 0.236 e. The van der Waals surface area contributed by atoms with Crippen LogP contribution in [-0.2, 0) is 9.59 Å². The molecule has 1 atom stereocenters. The van der Waals surface area contributed by atoms with Crippen molar-refractivity contribution in [1.29, 1.82) is 0 Å². The van der Waals surface area contributed by atoms with Crippen LogP contribution < -0.4 is 5.32 Å². The molecule has 1 saturated heterocycles. The molecule has 0 bridgehead atoms. The van der Waals surface area contributed by atoms with Gasteiger partial charge in [-0.3, -0.25) is 9.59 Å². The molecule has 3 rings (SSSR count). The van der Waals surface area contributed by atoms with Crippen LogP contribution in [0.5, 0.6) is 0 Å². The Morgan fingerprint density at radius 3 is 2.96 bits per heavy atom. The first-order valence-corrected chi connectivity index (χ1v) is 12.2. The number of thiazole rings is 1. The van der Waals surface area contributed by atoms with Gasteiger partial charge in [0, 0.05) is 18.0 Å². The van der Waals surface area contributed by atoms with Gasteiger partial charge in [0.25, 0.3) is 0 Å². The second-order valence-electron chi connectivity index (χ2n) is 6.33. The third-order valence-corrected chi connectivity index (χ3v) is 7.38. The molecule has 2 aromatic rings. The van der Waals surface area contributed by atoms with Crippen LogP contribution in [0.2, 0.25) is 4.34 Å². The average Bonchev–Trinajstić information content (AvgIpc) is 3.30. The molecule has 2 aromatic heterocycles. The van der Waals surface area contributed by atoms with Gasteiger partial charge in [0.15, 0.2) is 5.13 Å². The summed E-state index contributed by atoms with van der Waals surface area (Å²) in [6, 6.07) is 4.11. The highest BCUT2D eigenvalue weighted by molar-refractivity contribution is 8.00. The van der Waals surface area contributed by atoms with E-state index in [4.69, 9.17) is 11.6 Å². The van der Waals surface area contributed by atoms with Gasteiger partial charge < -0.3 is 10.2 Å². The molecule has 1 unspecified atom stereocenters. The first-order chi connectivity index (χ1) is 13.1. The maximum absolute atomic E-state index is 12.4. The number of thiophene rings is 1. The van der Waals surface area contributed by atoms with Gasteiger partial charge in [0.05, 0.1) is 26.4 Å². The van der Waals surface area contributed by atoms with E-state index in [2.05, 4.69) is 17.2 Å². The van der Waals surface area contributed by atoms with Crippen molar-refractivity contribution in [3.8, 4) is 10.6 Å². The standard InChI is InChI=1S/C18H22ClN3O2S3/c1-2-12-5-3-4-8-22(12)17(24)11-25-10-16(23)21-18-20-13(9-26-18)14-6-7-15(19)27-14/h6-7,9,12H,2-5,8,10-11H2,1H3,(H,20,21,23). The van der Waals surface area contributed by atoms with Gasteiger partial charge in [0.2, 0.25) is 11.8 Å². The molecule has 146 valence electrons. The molecular formula is C18H22ClN3O2S3. The van der Waals surface area contributed by atoms with Crippen molar-refractivity contribution in [2.45, 2.75) is 38.6 Å². The number of hydrogen-bond acceptors (Lipinski definition) is 6. The number of anilines is 1. The molecule has 0 aromatic carbocycles. The van der Waals surface area contributed by atoms with Crippen molar-refractivity contribution in [3.05, 3.63) is 21.8 Å². The van der Waals surface area contributed by atoms with Crippen molar-refractivity contribution in [2.75, 3.05) is 23.4 Å². The number of amides is 2. The first kappa shape index (κ1) is 20.6. The third-order valence-electron chi connectivity index (χ3n) is 4.45. The number of rotatable bonds is 7. The zero-order valence-electron chi connectivity index (χ0n) is 15.1. The normalized spacial score (nSPS) is 17.1. The molecule has 5 nitrogen and oxygen atoms in total. The Hall–Kier alpha value is -1.09. The maximum atomic E-state index is 12.4. The van der Waals surface area contributed by atoms with E-state index in [0.717, 1.165) is 36.4 Å². The molecule has 1 aliphatic heterocycles. The number of nitrogens with zero attached hydrogens (tertiary/aromatic N) is 2. The first-order valence-electron chi connectivity index (χ1n) is 8.95. The number of halogens is 1. The number of thioether (sulfide) groups is 1. The van der Waals surface area contributed by atoms with Gasteiger partial charge in [-0.1, -0.05) is 18.5 Å². The van der Waals surface area contributed by atoms with E-state index in [1.807, 2.05) is 22.4 Å². The molecule has 0 spiro atoms. The lowest BCUT2D eigenvalue weighted by Gasteiger charge is -2.35. The number of aromatic nitrogens is 1. The van der Waals surface area contributed by atoms with E-state index in [9.17, 15) is 9.59 Å². The van der Waals surface area contributed by atoms with Crippen molar-refractivity contribution in [1.82, 2.24) is 9.88 Å². The van der Waals surface area contributed by atoms with Crippen LogP contribution >= 0.6 is 46.0 Å². The SMILES string of the molecule is CCC1CCCCN1C(=O)CSCC(=O)Nc1nc(-c2ccc(Cl)s2)cs1. The van der Waals surface area contributed by atoms with Crippen LogP contribution in [0, 0.1) is 0 Å². The molecule has 9 heteroatoms. The second kappa shape index (κ2) is 9.91. The predicted octanol–water partition coefficient (Wildman–Crippen LogP) is 4.99. The molecule has 1 fully saturated rings. The molecule has 0 radical (unpaired) electrons. The van der Waals surface area contributed by atoms with E-state index >= 15 is 0 Å². The Bertz CT molecular complexity index is 792. The van der Waals surface area contributed by atoms with Crippen molar-refractivity contribution >= 4 is 63.0 Å². The molecular weight excluding hydrogens is 422 g/mol. The fourth-order valence-corrected chi connectivity index (χ4v) is 5.62. The number of nitrogens with one attached hydrogen (secondary N) is 1. The lowest BCUT2D eigenvalue weighted by molar-refractivity contribution is -0.132. The minimum Gasteiger partial charge on any atom is -0.339 e. The maximum Gasteiger partial charge on any atom is 0.236 e. The Morgan fingerprint density at radius 1 is 1.37 bits per heavy atom. The fraction of sp³-hybridized carbons (Fsp3) is 0.500. The third kappa shape index (κ3) is 5.70. The highest BCUT2D eigenvalue weighted by Crippen LogP contribution is 2.32. The molecule has 3 heterocycles. The highest BCUT2D eigenvalue weighted by atomic mass is 35.5. The van der Waals surface area contributed by atoms with Gasteiger partial charge in [-0.15, -0.1) is 34.4 Å². The molecule has 0 saturated carbocycles. The van der Waals surface area contributed by atoms with E-state index in [1.54, 1.807) is 0 Å². The summed E-state index contributed by atoms with van der Waals surface area (Å²) in [6.07, 6.45) is 4.37. The largest absolute Gasteiger partial charge is 0.339 e. The number of likely N-dealkylation sites (tertiary alicyclic amines) is 1. The van der Waals surface area contributed by atoms with E-state index in [0.29, 0.717) is 21.3 Å². The van der Waals surface area contributed by atoms with Crippen molar-refractivity contribution in [3.63, 3.8) is 0 Å². The quantitative estimate of drug-likeness (QED) is 0.654. The predicted molar refractivity (Wildman–Crippen MR) is 116 cm³/mol. The molecule has 1 aliphatic rings. The van der Waals surface area contributed by atoms with Crippen LogP contribution in [0.3, 0.4) is 0 Å². The van der Waals surface area contributed by atoms with Crippen LogP contribution in [0.1, 0.15) is 32.6 Å². The minimum atomic E-state index is -0.136. The zero-order chi connectivity index (χ0) is 19.2. The lowest BCUT2D eigenvalue weighted by atomic mass is 10.0. The Balaban J connectivity index is 1.43. The van der Waals surface area contributed by atoms with E-state index in [-0.39, 0.29) is 17.6 Å². The molecule has 27 heavy (non-hydrogen) atoms. The lowest BCUT2D eigenvalue weighted by Crippen LogP contribution is -2.44. The Kier molecular flexibility index (Phi) is 7.57. The second-order valence-corrected chi connectivity index (χ2v) is 9.89. The summed E-state index contributed by atoms with van der Waals surface area (Å²) >= 11 is 10.1. The highest BCUT2D eigenvalue weighted by Gasteiger charge is 2.25. The minimum absolute atomic E-state index is 0.136. The monoisotopic (exact) mass is 443 g/mol. The number of carbonyl (C=O) groups is 2. The average molecular weight is 444 g/mol. The van der Waals surface area contributed by atoms with Gasteiger partial charge in [0.1, 0.15) is 0 Å². The summed E-state index contributed by atoms with van der Waals surface area (Å²) < 4.78 is 0.712. The fourth-order valence-electron chi connectivity index (χ4n) is 3.12. The summed E-state index contributed by atoms with van der Waals surface area (Å²) in [5.74, 6) is 0.602. The summed E-state index contributed by atoms with van der Waals surface area (Å²) in [5, 5.41) is 5.27. The van der Waals surface area contributed by atoms with Crippen LogP contribution in [0.15, 0.2) is 17.5 Å². The van der Waals surface area contributed by atoms with Crippen molar-refractivity contribution in [2.24, 2.45) is 0 Å². The van der Waals surface area contributed by atoms with Crippen LogP contribution in [-0.4, -0.2) is 45.8 Å². The van der Waals surface area contributed by atoms with Gasteiger partial charge in [-0.2, -0.15) is 0 Å². The molecule has 0 aliphatic carbocycles. The van der Waals surface area contributed by atoms with Gasteiger partial charge in [-0.25, -0.2) is 4.98 Å². The number of hydrogen-bond donors (Lipinski definition) is 1. The van der Waals surface area contributed by atoms with Crippen LogP contribution in [0.4, 0.5) is 5.13 Å². The van der Waals surface area contributed by atoms with Gasteiger partial charge in [-0.05, 0) is 37.8 Å². The zero-order valence-corrected chi connectivity index (χ0v) is 18.3. The molecule has 2 amide bonds. The van der Waals surface area contributed by atoms with Gasteiger partial charge >= 0.3 is 0 Å². The van der Waals surface area contributed by atoms with E-state index in [1.165, 1.54) is 40.9 Å². The summed E-state index contributed by atoms with van der Waals surface area (Å²) in [6.45, 7) is 2.97.